The van der Waals surface area contributed by atoms with E-state index < -0.39 is 0 Å². The van der Waals surface area contributed by atoms with Crippen molar-refractivity contribution in [3.8, 4) is 11.5 Å². The second kappa shape index (κ2) is 5.99. The maximum Gasteiger partial charge on any atom is 0.163 e. The molecule has 0 fully saturated rings. The van der Waals surface area contributed by atoms with Crippen molar-refractivity contribution in [2.75, 3.05) is 18.9 Å². The Kier molecular flexibility index (Phi) is 4.32. The number of anilines is 1. The second-order valence-electron chi connectivity index (χ2n) is 4.98. The maximum absolute atomic E-state index is 6.03. The predicted molar refractivity (Wildman–Crippen MR) is 82.6 cm³/mol. The molecule has 20 heavy (non-hydrogen) atoms. The minimum Gasteiger partial charge on any atom is -0.490 e. The van der Waals surface area contributed by atoms with Crippen LogP contribution in [0.25, 0.3) is 10.9 Å². The van der Waals surface area contributed by atoms with Gasteiger partial charge in [-0.05, 0) is 37.5 Å². The number of nitrogens with two attached hydrogens (primary N) is 1. The fraction of sp³-hybridized carbons (Fsp3) is 0.438. The SMILES string of the molecule is CCOc1cc2cc(C(C)C)c(N)nc2cc1OCC. The van der Waals surface area contributed by atoms with Crippen LogP contribution in [-0.2, 0) is 0 Å². The molecule has 0 saturated heterocycles. The topological polar surface area (TPSA) is 57.4 Å². The third-order valence-electron chi connectivity index (χ3n) is 3.16. The average Bonchev–Trinajstić information content (AvgIpc) is 2.39. The van der Waals surface area contributed by atoms with Crippen molar-refractivity contribution in [2.45, 2.75) is 33.6 Å². The Labute approximate surface area is 119 Å². The standard InChI is InChI=1S/C16H22N2O2/c1-5-19-14-8-11-7-12(10(3)4)16(17)18-13(11)9-15(14)20-6-2/h7-10H,5-6H2,1-4H3,(H2,17,18). The highest BCUT2D eigenvalue weighted by atomic mass is 16.5. The predicted octanol–water partition coefficient (Wildman–Crippen LogP) is 3.74. The summed E-state index contributed by atoms with van der Waals surface area (Å²) in [5, 5.41) is 1.02. The van der Waals surface area contributed by atoms with E-state index in [0.29, 0.717) is 30.7 Å². The summed E-state index contributed by atoms with van der Waals surface area (Å²) in [6, 6.07) is 5.95. The van der Waals surface area contributed by atoms with Crippen LogP contribution in [0.3, 0.4) is 0 Å². The Bertz CT molecular complexity index is 609. The van der Waals surface area contributed by atoms with Crippen molar-refractivity contribution < 1.29 is 9.47 Å². The number of nitrogen functional groups attached to an aromatic ring is 1. The molecule has 4 heteroatoms. The number of aromatic nitrogens is 1. The molecule has 0 radical (unpaired) electrons. The van der Waals surface area contributed by atoms with Gasteiger partial charge in [-0.2, -0.15) is 0 Å². The largest absolute Gasteiger partial charge is 0.490 e. The first kappa shape index (κ1) is 14.4. The second-order valence-corrected chi connectivity index (χ2v) is 4.98. The van der Waals surface area contributed by atoms with Gasteiger partial charge in [0.1, 0.15) is 5.82 Å². The van der Waals surface area contributed by atoms with Crippen molar-refractivity contribution in [3.63, 3.8) is 0 Å². The molecule has 0 saturated carbocycles. The van der Waals surface area contributed by atoms with Crippen LogP contribution in [-0.4, -0.2) is 18.2 Å². The lowest BCUT2D eigenvalue weighted by Crippen LogP contribution is -2.02. The van der Waals surface area contributed by atoms with Gasteiger partial charge in [0.05, 0.1) is 18.7 Å². The van der Waals surface area contributed by atoms with Gasteiger partial charge in [-0.1, -0.05) is 13.8 Å². The molecule has 1 aromatic heterocycles. The summed E-state index contributed by atoms with van der Waals surface area (Å²) in [6.07, 6.45) is 0. The number of hydrogen-bond donors (Lipinski definition) is 1. The zero-order valence-corrected chi connectivity index (χ0v) is 12.6. The van der Waals surface area contributed by atoms with E-state index in [1.807, 2.05) is 26.0 Å². The molecule has 4 nitrogen and oxygen atoms in total. The normalized spacial score (nSPS) is 11.1. The van der Waals surface area contributed by atoms with Crippen LogP contribution in [0, 0.1) is 0 Å². The summed E-state index contributed by atoms with van der Waals surface area (Å²) >= 11 is 0. The molecule has 0 aliphatic rings. The summed E-state index contributed by atoms with van der Waals surface area (Å²) in [5.41, 5.74) is 7.92. The zero-order chi connectivity index (χ0) is 14.7. The fourth-order valence-corrected chi connectivity index (χ4v) is 2.21. The Hall–Kier alpha value is -1.97. The van der Waals surface area contributed by atoms with Gasteiger partial charge < -0.3 is 15.2 Å². The van der Waals surface area contributed by atoms with Gasteiger partial charge in [-0.25, -0.2) is 4.98 Å². The molecule has 0 spiro atoms. The first-order valence-electron chi connectivity index (χ1n) is 7.06. The molecular formula is C16H22N2O2. The van der Waals surface area contributed by atoms with Gasteiger partial charge >= 0.3 is 0 Å². The molecule has 0 bridgehead atoms. The molecule has 0 aliphatic carbocycles. The molecule has 0 unspecified atom stereocenters. The van der Waals surface area contributed by atoms with Gasteiger partial charge in [0.15, 0.2) is 11.5 Å². The number of benzene rings is 1. The lowest BCUT2D eigenvalue weighted by atomic mass is 10.0. The van der Waals surface area contributed by atoms with Crippen LogP contribution in [0.15, 0.2) is 18.2 Å². The lowest BCUT2D eigenvalue weighted by molar-refractivity contribution is 0.288. The number of nitrogens with zero attached hydrogens (tertiary/aromatic N) is 1. The number of fused-ring (bicyclic) bond motifs is 1. The lowest BCUT2D eigenvalue weighted by Gasteiger charge is -2.14. The highest BCUT2D eigenvalue weighted by Gasteiger charge is 2.12. The smallest absolute Gasteiger partial charge is 0.163 e. The highest BCUT2D eigenvalue weighted by molar-refractivity contribution is 5.85. The molecule has 1 heterocycles. The summed E-state index contributed by atoms with van der Waals surface area (Å²) in [7, 11) is 0. The number of hydrogen-bond acceptors (Lipinski definition) is 4. The molecule has 108 valence electrons. The van der Waals surface area contributed by atoms with Gasteiger partial charge in [0, 0.05) is 11.5 Å². The van der Waals surface area contributed by atoms with E-state index in [1.165, 1.54) is 0 Å². The van der Waals surface area contributed by atoms with E-state index in [2.05, 4.69) is 24.9 Å². The molecule has 0 aliphatic heterocycles. The van der Waals surface area contributed by atoms with Crippen molar-refractivity contribution in [2.24, 2.45) is 0 Å². The zero-order valence-electron chi connectivity index (χ0n) is 12.6. The first-order chi connectivity index (χ1) is 9.56. The summed E-state index contributed by atoms with van der Waals surface area (Å²) < 4.78 is 11.3. The Balaban J connectivity index is 2.61. The van der Waals surface area contributed by atoms with Crippen LogP contribution in [0.1, 0.15) is 39.2 Å². The number of pyridine rings is 1. The van der Waals surface area contributed by atoms with E-state index in [0.717, 1.165) is 22.2 Å². The number of rotatable bonds is 5. The van der Waals surface area contributed by atoms with Crippen molar-refractivity contribution in [1.82, 2.24) is 4.98 Å². The summed E-state index contributed by atoms with van der Waals surface area (Å²) in [4.78, 5) is 4.48. The van der Waals surface area contributed by atoms with Gasteiger partial charge in [-0.15, -0.1) is 0 Å². The van der Waals surface area contributed by atoms with Gasteiger partial charge in [0.25, 0.3) is 0 Å². The summed E-state index contributed by atoms with van der Waals surface area (Å²) in [6.45, 7) is 9.31. The molecule has 2 aromatic rings. The Morgan fingerprint density at radius 1 is 1.05 bits per heavy atom. The monoisotopic (exact) mass is 274 g/mol. The quantitative estimate of drug-likeness (QED) is 0.902. The molecule has 2 rings (SSSR count). The van der Waals surface area contributed by atoms with Crippen LogP contribution in [0.2, 0.25) is 0 Å². The molecular weight excluding hydrogens is 252 g/mol. The highest BCUT2D eigenvalue weighted by Crippen LogP contribution is 2.34. The Morgan fingerprint density at radius 3 is 2.20 bits per heavy atom. The fourth-order valence-electron chi connectivity index (χ4n) is 2.21. The van der Waals surface area contributed by atoms with E-state index in [4.69, 9.17) is 15.2 Å². The molecule has 1 aromatic carbocycles. The number of ether oxygens (including phenoxy) is 2. The van der Waals surface area contributed by atoms with E-state index in [1.54, 1.807) is 0 Å². The Morgan fingerprint density at radius 2 is 1.65 bits per heavy atom. The van der Waals surface area contributed by atoms with Crippen LogP contribution in [0.5, 0.6) is 11.5 Å². The molecule has 0 atom stereocenters. The summed E-state index contributed by atoms with van der Waals surface area (Å²) in [5.74, 6) is 2.39. The van der Waals surface area contributed by atoms with Crippen molar-refractivity contribution in [3.05, 3.63) is 23.8 Å². The van der Waals surface area contributed by atoms with Gasteiger partial charge in [0.2, 0.25) is 0 Å². The van der Waals surface area contributed by atoms with Crippen LogP contribution >= 0.6 is 0 Å². The third-order valence-corrected chi connectivity index (χ3v) is 3.16. The van der Waals surface area contributed by atoms with E-state index in [9.17, 15) is 0 Å². The molecule has 2 N–H and O–H groups in total. The van der Waals surface area contributed by atoms with Crippen LogP contribution in [0.4, 0.5) is 5.82 Å². The van der Waals surface area contributed by atoms with Crippen LogP contribution < -0.4 is 15.2 Å². The van der Waals surface area contributed by atoms with E-state index >= 15 is 0 Å². The molecule has 0 amide bonds. The average molecular weight is 274 g/mol. The maximum atomic E-state index is 6.03. The van der Waals surface area contributed by atoms with E-state index in [-0.39, 0.29) is 0 Å². The minimum absolute atomic E-state index is 0.342. The minimum atomic E-state index is 0.342. The van der Waals surface area contributed by atoms with Crippen molar-refractivity contribution in [1.29, 1.82) is 0 Å². The third kappa shape index (κ3) is 2.79. The first-order valence-corrected chi connectivity index (χ1v) is 7.06. The van der Waals surface area contributed by atoms with Crippen molar-refractivity contribution >= 4 is 16.7 Å². The van der Waals surface area contributed by atoms with Gasteiger partial charge in [-0.3, -0.25) is 0 Å².